The van der Waals surface area contributed by atoms with Gasteiger partial charge in [-0.05, 0) is 51.0 Å². The molecule has 1 aromatic heterocycles. The highest BCUT2D eigenvalue weighted by Gasteiger charge is 2.15. The fourth-order valence-electron chi connectivity index (χ4n) is 2.26. The summed E-state index contributed by atoms with van der Waals surface area (Å²) in [4.78, 5) is 11.6. The lowest BCUT2D eigenvalue weighted by Crippen LogP contribution is -2.33. The minimum Gasteiger partial charge on any atom is -0.444 e. The molecule has 4 nitrogen and oxygen atoms in total. The van der Waals surface area contributed by atoms with Gasteiger partial charge in [0.05, 0.1) is 0 Å². The standard InChI is InChI=1S/C16H21ClN2O2/c1-16(2,3)21-15(20)18-8-7-11-10-19(4)14-6-5-12(17)9-13(11)14/h5-6,9-10H,7-8H2,1-4H3,(H,18,20). The number of rotatable bonds is 3. The number of carbonyl (C=O) groups is 1. The predicted molar refractivity (Wildman–Crippen MR) is 85.9 cm³/mol. The number of aromatic nitrogens is 1. The van der Waals surface area contributed by atoms with Crippen LogP contribution in [0.15, 0.2) is 24.4 Å². The molecule has 0 aliphatic carbocycles. The zero-order valence-corrected chi connectivity index (χ0v) is 13.6. The molecule has 0 saturated heterocycles. The van der Waals surface area contributed by atoms with E-state index < -0.39 is 5.60 Å². The van der Waals surface area contributed by atoms with Crippen molar-refractivity contribution in [1.29, 1.82) is 0 Å². The van der Waals surface area contributed by atoms with Crippen LogP contribution in [0.5, 0.6) is 0 Å². The fourth-order valence-corrected chi connectivity index (χ4v) is 2.43. The SMILES string of the molecule is Cn1cc(CCNC(=O)OC(C)(C)C)c2cc(Cl)ccc21. The van der Waals surface area contributed by atoms with Crippen LogP contribution in [0.25, 0.3) is 10.9 Å². The van der Waals surface area contributed by atoms with Crippen molar-refractivity contribution < 1.29 is 9.53 Å². The zero-order valence-electron chi connectivity index (χ0n) is 12.9. The third-order valence-electron chi connectivity index (χ3n) is 3.10. The molecule has 0 unspecified atom stereocenters. The Morgan fingerprint density at radius 1 is 1.38 bits per heavy atom. The molecule has 1 aromatic carbocycles. The number of fused-ring (bicyclic) bond motifs is 1. The van der Waals surface area contributed by atoms with Crippen LogP contribution >= 0.6 is 11.6 Å². The van der Waals surface area contributed by atoms with Crippen LogP contribution in [0.4, 0.5) is 4.79 Å². The van der Waals surface area contributed by atoms with Crippen molar-refractivity contribution >= 4 is 28.6 Å². The van der Waals surface area contributed by atoms with Crippen molar-refractivity contribution in [2.24, 2.45) is 7.05 Å². The molecule has 2 aromatic rings. The van der Waals surface area contributed by atoms with Gasteiger partial charge in [0.15, 0.2) is 0 Å². The van der Waals surface area contributed by atoms with Gasteiger partial charge in [-0.25, -0.2) is 4.79 Å². The van der Waals surface area contributed by atoms with Crippen molar-refractivity contribution in [1.82, 2.24) is 9.88 Å². The number of ether oxygens (including phenoxy) is 1. The molecule has 0 bridgehead atoms. The van der Waals surface area contributed by atoms with E-state index in [4.69, 9.17) is 16.3 Å². The number of hydrogen-bond donors (Lipinski definition) is 1. The number of aryl methyl sites for hydroxylation is 1. The summed E-state index contributed by atoms with van der Waals surface area (Å²) in [5.41, 5.74) is 1.81. The monoisotopic (exact) mass is 308 g/mol. The van der Waals surface area contributed by atoms with Gasteiger partial charge in [0.2, 0.25) is 0 Å². The minimum absolute atomic E-state index is 0.388. The van der Waals surface area contributed by atoms with E-state index in [1.807, 2.05) is 46.0 Å². The Bertz CT molecular complexity index is 656. The smallest absolute Gasteiger partial charge is 0.407 e. The van der Waals surface area contributed by atoms with E-state index in [-0.39, 0.29) is 6.09 Å². The molecule has 0 spiro atoms. The van der Waals surface area contributed by atoms with E-state index in [0.29, 0.717) is 6.54 Å². The molecular weight excluding hydrogens is 288 g/mol. The molecule has 0 saturated carbocycles. The molecule has 1 N–H and O–H groups in total. The maximum atomic E-state index is 11.6. The number of amides is 1. The van der Waals surface area contributed by atoms with Crippen LogP contribution < -0.4 is 5.32 Å². The van der Waals surface area contributed by atoms with Gasteiger partial charge in [0.1, 0.15) is 5.60 Å². The first-order chi connectivity index (χ1) is 9.76. The summed E-state index contributed by atoms with van der Waals surface area (Å²) in [6.07, 6.45) is 2.41. The van der Waals surface area contributed by atoms with Crippen molar-refractivity contribution in [2.75, 3.05) is 6.54 Å². The highest BCUT2D eigenvalue weighted by molar-refractivity contribution is 6.31. The lowest BCUT2D eigenvalue weighted by molar-refractivity contribution is 0.0528. The average Bonchev–Trinajstić information content (AvgIpc) is 2.63. The van der Waals surface area contributed by atoms with E-state index in [9.17, 15) is 4.79 Å². The number of benzene rings is 1. The fraction of sp³-hybridized carbons (Fsp3) is 0.438. The van der Waals surface area contributed by atoms with Crippen LogP contribution in [0.2, 0.25) is 5.02 Å². The van der Waals surface area contributed by atoms with Gasteiger partial charge in [-0.3, -0.25) is 0 Å². The number of alkyl carbamates (subject to hydrolysis) is 1. The van der Waals surface area contributed by atoms with Gasteiger partial charge in [0, 0.05) is 35.7 Å². The largest absolute Gasteiger partial charge is 0.444 e. The maximum Gasteiger partial charge on any atom is 0.407 e. The second-order valence-corrected chi connectivity index (χ2v) is 6.54. The lowest BCUT2D eigenvalue weighted by atomic mass is 10.1. The Labute approximate surface area is 130 Å². The molecule has 1 amide bonds. The highest BCUT2D eigenvalue weighted by Crippen LogP contribution is 2.24. The van der Waals surface area contributed by atoms with E-state index in [1.54, 1.807) is 0 Å². The van der Waals surface area contributed by atoms with Gasteiger partial charge in [0.25, 0.3) is 0 Å². The number of hydrogen-bond acceptors (Lipinski definition) is 2. The molecule has 0 aliphatic heterocycles. The molecule has 21 heavy (non-hydrogen) atoms. The molecule has 5 heteroatoms. The molecule has 0 fully saturated rings. The predicted octanol–water partition coefficient (Wildman–Crippen LogP) is 3.90. The Kier molecular flexibility index (Phi) is 4.47. The van der Waals surface area contributed by atoms with Crippen LogP contribution in [0.3, 0.4) is 0 Å². The number of nitrogens with zero attached hydrogens (tertiary/aromatic N) is 1. The van der Waals surface area contributed by atoms with E-state index in [2.05, 4.69) is 16.1 Å². The first-order valence-electron chi connectivity index (χ1n) is 6.96. The third kappa shape index (κ3) is 4.14. The molecule has 0 aliphatic rings. The number of carbonyl (C=O) groups excluding carboxylic acids is 1. The van der Waals surface area contributed by atoms with Crippen LogP contribution in [-0.2, 0) is 18.2 Å². The quantitative estimate of drug-likeness (QED) is 0.934. The van der Waals surface area contributed by atoms with Gasteiger partial charge in [-0.1, -0.05) is 11.6 Å². The highest BCUT2D eigenvalue weighted by atomic mass is 35.5. The normalized spacial score (nSPS) is 11.7. The Balaban J connectivity index is 2.01. The third-order valence-corrected chi connectivity index (χ3v) is 3.33. The molecule has 1 heterocycles. The van der Waals surface area contributed by atoms with E-state index >= 15 is 0 Å². The summed E-state index contributed by atoms with van der Waals surface area (Å²) < 4.78 is 7.28. The van der Waals surface area contributed by atoms with Crippen molar-refractivity contribution in [3.63, 3.8) is 0 Å². The number of halogens is 1. The molecule has 0 radical (unpaired) electrons. The summed E-state index contributed by atoms with van der Waals surface area (Å²) in [5.74, 6) is 0. The van der Waals surface area contributed by atoms with Crippen molar-refractivity contribution in [3.05, 3.63) is 35.0 Å². The Morgan fingerprint density at radius 2 is 2.10 bits per heavy atom. The van der Waals surface area contributed by atoms with E-state index in [1.165, 1.54) is 0 Å². The topological polar surface area (TPSA) is 43.3 Å². The second kappa shape index (κ2) is 5.98. The lowest BCUT2D eigenvalue weighted by Gasteiger charge is -2.19. The maximum absolute atomic E-state index is 11.6. The second-order valence-electron chi connectivity index (χ2n) is 6.11. The van der Waals surface area contributed by atoms with Crippen LogP contribution in [0.1, 0.15) is 26.3 Å². The van der Waals surface area contributed by atoms with Gasteiger partial charge in [-0.2, -0.15) is 0 Å². The Hall–Kier alpha value is -1.68. The summed E-state index contributed by atoms with van der Waals surface area (Å²) in [7, 11) is 2.00. The first kappa shape index (κ1) is 15.7. The van der Waals surface area contributed by atoms with Gasteiger partial charge >= 0.3 is 6.09 Å². The average molecular weight is 309 g/mol. The van der Waals surface area contributed by atoms with Gasteiger partial charge < -0.3 is 14.6 Å². The summed E-state index contributed by atoms with van der Waals surface area (Å²) in [6.45, 7) is 6.07. The summed E-state index contributed by atoms with van der Waals surface area (Å²) in [6, 6.07) is 5.84. The molecular formula is C16H21ClN2O2. The van der Waals surface area contributed by atoms with Gasteiger partial charge in [-0.15, -0.1) is 0 Å². The summed E-state index contributed by atoms with van der Waals surface area (Å²) >= 11 is 6.06. The minimum atomic E-state index is -0.475. The van der Waals surface area contributed by atoms with Crippen LogP contribution in [-0.4, -0.2) is 22.8 Å². The molecule has 0 atom stereocenters. The molecule has 114 valence electrons. The van der Waals surface area contributed by atoms with Crippen molar-refractivity contribution in [3.8, 4) is 0 Å². The molecule has 2 rings (SSSR count). The van der Waals surface area contributed by atoms with Crippen molar-refractivity contribution in [2.45, 2.75) is 32.8 Å². The van der Waals surface area contributed by atoms with E-state index in [0.717, 1.165) is 27.9 Å². The van der Waals surface area contributed by atoms with Crippen LogP contribution in [0, 0.1) is 0 Å². The number of nitrogens with one attached hydrogen (secondary N) is 1. The summed E-state index contributed by atoms with van der Waals surface area (Å²) in [5, 5.41) is 4.61. The zero-order chi connectivity index (χ0) is 15.6. The first-order valence-corrected chi connectivity index (χ1v) is 7.34. The Morgan fingerprint density at radius 3 is 2.76 bits per heavy atom.